The van der Waals surface area contributed by atoms with Gasteiger partial charge in [-0.25, -0.2) is 4.79 Å². The monoisotopic (exact) mass is 488 g/mol. The van der Waals surface area contributed by atoms with Gasteiger partial charge in [0.1, 0.15) is 6.10 Å². The topological polar surface area (TPSA) is 26.3 Å². The maximum absolute atomic E-state index is 12.7. The van der Waals surface area contributed by atoms with Crippen LogP contribution >= 0.6 is 0 Å². The molecule has 0 aliphatic heterocycles. The molecular formula is C34H48O2. The summed E-state index contributed by atoms with van der Waals surface area (Å²) < 4.78 is 5.98. The van der Waals surface area contributed by atoms with E-state index in [0.29, 0.717) is 16.9 Å². The summed E-state index contributed by atoms with van der Waals surface area (Å²) >= 11 is 0. The van der Waals surface area contributed by atoms with Crippen LogP contribution in [0.2, 0.25) is 0 Å². The minimum absolute atomic E-state index is 0.00314. The Morgan fingerprint density at radius 3 is 2.47 bits per heavy atom. The Bertz CT molecular complexity index is 1000. The zero-order chi connectivity index (χ0) is 25.5. The van der Waals surface area contributed by atoms with Crippen LogP contribution in [0.25, 0.3) is 0 Å². The summed E-state index contributed by atoms with van der Waals surface area (Å²) in [4.78, 5) is 12.7. The normalized spacial score (nSPS) is 36.3. The SMILES string of the molecule is CC(C)CCC[C@H](C)[C@@H]1CC[C@@H]2C3=CC=C4C[C@H](OC(=O)c5ccccc5)CC[C@]4(C)[C@@H]3CC[C@@]21C. The first-order chi connectivity index (χ1) is 17.2. The Balaban J connectivity index is 1.29. The second kappa shape index (κ2) is 10.1. The van der Waals surface area contributed by atoms with Crippen molar-refractivity contribution in [3.63, 3.8) is 0 Å². The predicted molar refractivity (Wildman–Crippen MR) is 149 cm³/mol. The molecule has 2 heteroatoms. The van der Waals surface area contributed by atoms with E-state index in [9.17, 15) is 4.79 Å². The zero-order valence-corrected chi connectivity index (χ0v) is 23.4. The standard InChI is InChI=1S/C34H48O2/c1-23(2)10-9-11-24(3)29-16-17-30-28-15-14-26-22-27(36-32(35)25-12-7-6-8-13-25)18-20-33(26,4)31(28)19-21-34(29,30)5/h6-8,12-15,23-24,27,29-31H,9-11,16-22H2,1-5H3/t24-,27+,29-,30+,31+,33-,34+/m0/s1. The first-order valence-electron chi connectivity index (χ1n) is 14.9. The van der Waals surface area contributed by atoms with Gasteiger partial charge in [-0.2, -0.15) is 0 Å². The molecule has 0 spiro atoms. The van der Waals surface area contributed by atoms with Gasteiger partial charge in [-0.15, -0.1) is 0 Å². The largest absolute Gasteiger partial charge is 0.458 e. The lowest BCUT2D eigenvalue weighted by molar-refractivity contribution is 0.00572. The van der Waals surface area contributed by atoms with Gasteiger partial charge in [0.05, 0.1) is 5.56 Å². The van der Waals surface area contributed by atoms with Crippen molar-refractivity contribution in [1.29, 1.82) is 0 Å². The van der Waals surface area contributed by atoms with E-state index in [2.05, 4.69) is 46.8 Å². The molecule has 3 fully saturated rings. The maximum atomic E-state index is 12.7. The molecular weight excluding hydrogens is 440 g/mol. The van der Waals surface area contributed by atoms with E-state index in [1.165, 1.54) is 50.5 Å². The van der Waals surface area contributed by atoms with Gasteiger partial charge in [0.25, 0.3) is 0 Å². The third-order valence-electron chi connectivity index (χ3n) is 11.0. The Labute approximate surface area is 220 Å². The number of hydrogen-bond donors (Lipinski definition) is 0. The summed E-state index contributed by atoms with van der Waals surface area (Å²) in [5, 5.41) is 0. The van der Waals surface area contributed by atoms with Crippen LogP contribution in [0, 0.1) is 40.4 Å². The molecule has 0 N–H and O–H groups in total. The minimum atomic E-state index is -0.176. The van der Waals surface area contributed by atoms with E-state index in [-0.39, 0.29) is 17.5 Å². The van der Waals surface area contributed by atoms with Crippen LogP contribution in [0.1, 0.15) is 109 Å². The van der Waals surface area contributed by atoms with Gasteiger partial charge in [0, 0.05) is 6.42 Å². The van der Waals surface area contributed by atoms with Crippen molar-refractivity contribution in [2.75, 3.05) is 0 Å². The number of esters is 1. The first-order valence-corrected chi connectivity index (χ1v) is 14.9. The molecule has 36 heavy (non-hydrogen) atoms. The highest BCUT2D eigenvalue weighted by atomic mass is 16.5. The van der Waals surface area contributed by atoms with Crippen molar-refractivity contribution in [3.05, 3.63) is 59.2 Å². The third-order valence-corrected chi connectivity index (χ3v) is 11.0. The molecule has 4 aliphatic carbocycles. The number of fused-ring (bicyclic) bond motifs is 5. The molecule has 0 saturated heterocycles. The van der Waals surface area contributed by atoms with Crippen molar-refractivity contribution in [2.24, 2.45) is 40.4 Å². The molecule has 196 valence electrons. The molecule has 1 aromatic carbocycles. The van der Waals surface area contributed by atoms with E-state index in [4.69, 9.17) is 4.74 Å². The number of benzene rings is 1. The van der Waals surface area contributed by atoms with E-state index in [1.54, 1.807) is 5.57 Å². The second-order valence-corrected chi connectivity index (χ2v) is 13.5. The van der Waals surface area contributed by atoms with Crippen molar-refractivity contribution < 1.29 is 9.53 Å². The Morgan fingerprint density at radius 1 is 0.944 bits per heavy atom. The number of hydrogen-bond acceptors (Lipinski definition) is 2. The summed E-state index contributed by atoms with van der Waals surface area (Å²) in [6.07, 6.45) is 17.7. The number of allylic oxidation sites excluding steroid dienone is 3. The highest BCUT2D eigenvalue weighted by molar-refractivity contribution is 5.89. The summed E-state index contributed by atoms with van der Waals surface area (Å²) in [6, 6.07) is 9.45. The number of rotatable bonds is 7. The van der Waals surface area contributed by atoms with Gasteiger partial charge in [-0.05, 0) is 91.1 Å². The lowest BCUT2D eigenvalue weighted by atomic mass is 9.50. The molecule has 7 atom stereocenters. The number of ether oxygens (including phenoxy) is 1. The quantitative estimate of drug-likeness (QED) is 0.358. The van der Waals surface area contributed by atoms with Gasteiger partial charge in [0.2, 0.25) is 0 Å². The molecule has 5 rings (SSSR count). The molecule has 0 unspecified atom stereocenters. The predicted octanol–water partition coefficient (Wildman–Crippen LogP) is 9.17. The first kappa shape index (κ1) is 25.8. The van der Waals surface area contributed by atoms with Crippen LogP contribution < -0.4 is 0 Å². The van der Waals surface area contributed by atoms with E-state index in [0.717, 1.165) is 42.9 Å². The molecule has 0 amide bonds. The molecule has 4 aliphatic rings. The minimum Gasteiger partial charge on any atom is -0.458 e. The van der Waals surface area contributed by atoms with Crippen molar-refractivity contribution in [1.82, 2.24) is 0 Å². The van der Waals surface area contributed by atoms with Gasteiger partial charge >= 0.3 is 5.97 Å². The molecule has 3 saturated carbocycles. The highest BCUT2D eigenvalue weighted by Crippen LogP contribution is 2.66. The lowest BCUT2D eigenvalue weighted by Gasteiger charge is -2.55. The molecule has 0 radical (unpaired) electrons. The summed E-state index contributed by atoms with van der Waals surface area (Å²) in [6.45, 7) is 12.4. The van der Waals surface area contributed by atoms with Gasteiger partial charge in [-0.3, -0.25) is 0 Å². The molecule has 0 aromatic heterocycles. The van der Waals surface area contributed by atoms with Crippen molar-refractivity contribution in [2.45, 2.75) is 105 Å². The molecule has 0 heterocycles. The fraction of sp³-hybridized carbons (Fsp3) is 0.676. The van der Waals surface area contributed by atoms with Crippen molar-refractivity contribution in [3.8, 4) is 0 Å². The molecule has 2 nitrogen and oxygen atoms in total. The Kier molecular flexibility index (Phi) is 7.27. The van der Waals surface area contributed by atoms with Crippen LogP contribution in [0.4, 0.5) is 0 Å². The van der Waals surface area contributed by atoms with E-state index >= 15 is 0 Å². The number of carbonyl (C=O) groups is 1. The van der Waals surface area contributed by atoms with Crippen molar-refractivity contribution >= 4 is 5.97 Å². The smallest absolute Gasteiger partial charge is 0.338 e. The Morgan fingerprint density at radius 2 is 1.72 bits per heavy atom. The van der Waals surface area contributed by atoms with Gasteiger partial charge in [-0.1, -0.05) is 95.4 Å². The fourth-order valence-electron chi connectivity index (χ4n) is 8.89. The summed E-state index contributed by atoms with van der Waals surface area (Å²) in [5.41, 5.74) is 4.66. The van der Waals surface area contributed by atoms with Crippen LogP contribution in [0.15, 0.2) is 53.6 Å². The fourth-order valence-corrected chi connectivity index (χ4v) is 8.89. The van der Waals surface area contributed by atoms with Crippen LogP contribution in [-0.4, -0.2) is 12.1 Å². The average Bonchev–Trinajstić information content (AvgIpc) is 3.22. The lowest BCUT2D eigenvalue weighted by Crippen LogP contribution is -2.46. The zero-order valence-electron chi connectivity index (χ0n) is 23.4. The van der Waals surface area contributed by atoms with Gasteiger partial charge in [0.15, 0.2) is 0 Å². The van der Waals surface area contributed by atoms with Crippen LogP contribution in [0.5, 0.6) is 0 Å². The second-order valence-electron chi connectivity index (χ2n) is 13.5. The third kappa shape index (κ3) is 4.63. The molecule has 1 aromatic rings. The van der Waals surface area contributed by atoms with Crippen LogP contribution in [-0.2, 0) is 4.74 Å². The summed E-state index contributed by atoms with van der Waals surface area (Å²) in [7, 11) is 0. The Hall–Kier alpha value is -1.83. The van der Waals surface area contributed by atoms with Gasteiger partial charge < -0.3 is 4.74 Å². The van der Waals surface area contributed by atoms with E-state index in [1.807, 2.05) is 30.3 Å². The maximum Gasteiger partial charge on any atom is 0.338 e. The van der Waals surface area contributed by atoms with E-state index < -0.39 is 0 Å². The highest BCUT2D eigenvalue weighted by Gasteiger charge is 2.57. The average molecular weight is 489 g/mol. The van der Waals surface area contributed by atoms with Crippen LogP contribution in [0.3, 0.4) is 0 Å². The number of carbonyl (C=O) groups excluding carboxylic acids is 1. The summed E-state index contributed by atoms with van der Waals surface area (Å²) in [5.74, 6) is 3.81. The molecule has 0 bridgehead atoms.